The van der Waals surface area contributed by atoms with Gasteiger partial charge in [0, 0.05) is 42.3 Å². The van der Waals surface area contributed by atoms with E-state index in [0.29, 0.717) is 19.5 Å². The zero-order chi connectivity index (χ0) is 27.2. The number of amides is 3. The smallest absolute Gasteiger partial charge is 0.323 e. The van der Waals surface area contributed by atoms with E-state index in [0.717, 1.165) is 58.9 Å². The van der Waals surface area contributed by atoms with Gasteiger partial charge in [-0.1, -0.05) is 30.3 Å². The van der Waals surface area contributed by atoms with Crippen molar-refractivity contribution in [2.45, 2.75) is 25.8 Å². The molecular formula is C29H33N7O2S. The Bertz CT molecular complexity index is 1440. The minimum atomic E-state index is -0.274. The summed E-state index contributed by atoms with van der Waals surface area (Å²) < 4.78 is 0. The highest BCUT2D eigenvalue weighted by molar-refractivity contribution is 7.19. The molecule has 0 aliphatic carbocycles. The Morgan fingerprint density at radius 1 is 1.00 bits per heavy atom. The van der Waals surface area contributed by atoms with Gasteiger partial charge in [-0.3, -0.25) is 4.79 Å². The van der Waals surface area contributed by atoms with Gasteiger partial charge in [-0.05, 0) is 62.3 Å². The van der Waals surface area contributed by atoms with Gasteiger partial charge in [0.25, 0.3) is 0 Å². The standard InChI is InChI=1S/C29H33N7O2S/c1-35(2)16-14-25(37)36-17-13-23-24(18-36)39-28-26(23)27(31-19-32-28)30-15-12-20-8-10-22(11-9-20)34-29(38)33-21-6-4-3-5-7-21/h3-11,19H,12-18H2,1-2H3,(H,30,31,32)(H2,33,34,38). The number of benzene rings is 2. The predicted molar refractivity (Wildman–Crippen MR) is 157 cm³/mol. The van der Waals surface area contributed by atoms with Gasteiger partial charge < -0.3 is 25.8 Å². The molecular weight excluding hydrogens is 510 g/mol. The van der Waals surface area contributed by atoms with Gasteiger partial charge in [0.05, 0.1) is 11.9 Å². The summed E-state index contributed by atoms with van der Waals surface area (Å²) >= 11 is 1.66. The van der Waals surface area contributed by atoms with E-state index in [-0.39, 0.29) is 11.9 Å². The molecule has 10 heteroatoms. The Labute approximate surface area is 232 Å². The number of hydrogen-bond acceptors (Lipinski definition) is 7. The van der Waals surface area contributed by atoms with Gasteiger partial charge in [-0.2, -0.15) is 0 Å². The number of carbonyl (C=O) groups is 2. The van der Waals surface area contributed by atoms with E-state index in [9.17, 15) is 9.59 Å². The monoisotopic (exact) mass is 543 g/mol. The summed E-state index contributed by atoms with van der Waals surface area (Å²) in [5.41, 5.74) is 3.89. The molecule has 0 bridgehead atoms. The molecule has 202 valence electrons. The number of rotatable bonds is 9. The van der Waals surface area contributed by atoms with Crippen molar-refractivity contribution in [3.8, 4) is 0 Å². The topological polar surface area (TPSA) is 102 Å². The van der Waals surface area contributed by atoms with Crippen molar-refractivity contribution in [1.29, 1.82) is 0 Å². The fourth-order valence-corrected chi connectivity index (χ4v) is 5.85. The lowest BCUT2D eigenvalue weighted by molar-refractivity contribution is -0.132. The summed E-state index contributed by atoms with van der Waals surface area (Å²) in [4.78, 5) is 40.1. The Morgan fingerprint density at radius 2 is 1.74 bits per heavy atom. The molecule has 0 radical (unpaired) electrons. The average molecular weight is 544 g/mol. The molecule has 4 aromatic rings. The molecule has 3 heterocycles. The number of nitrogens with one attached hydrogen (secondary N) is 3. The number of hydrogen-bond donors (Lipinski definition) is 3. The molecule has 0 fully saturated rings. The fourth-order valence-electron chi connectivity index (χ4n) is 4.65. The average Bonchev–Trinajstić information content (AvgIpc) is 3.32. The molecule has 3 amide bonds. The molecule has 3 N–H and O–H groups in total. The maximum absolute atomic E-state index is 12.7. The Morgan fingerprint density at radius 3 is 2.49 bits per heavy atom. The number of fused-ring (bicyclic) bond motifs is 3. The van der Waals surface area contributed by atoms with Crippen LogP contribution >= 0.6 is 11.3 Å². The van der Waals surface area contributed by atoms with Gasteiger partial charge in [-0.25, -0.2) is 14.8 Å². The van der Waals surface area contributed by atoms with E-state index < -0.39 is 0 Å². The van der Waals surface area contributed by atoms with Crippen LogP contribution in [0, 0.1) is 0 Å². The van der Waals surface area contributed by atoms with Crippen LogP contribution in [0.5, 0.6) is 0 Å². The lowest BCUT2D eigenvalue weighted by Crippen LogP contribution is -2.36. The van der Waals surface area contributed by atoms with E-state index in [1.54, 1.807) is 17.7 Å². The fraction of sp³-hybridized carbons (Fsp3) is 0.310. The van der Waals surface area contributed by atoms with Crippen LogP contribution in [0.4, 0.5) is 22.0 Å². The summed E-state index contributed by atoms with van der Waals surface area (Å²) in [6, 6.07) is 16.9. The van der Waals surface area contributed by atoms with Gasteiger partial charge in [-0.15, -0.1) is 11.3 Å². The number of urea groups is 1. The molecule has 0 spiro atoms. The molecule has 1 aliphatic heterocycles. The highest BCUT2D eigenvalue weighted by Crippen LogP contribution is 2.37. The Kier molecular flexibility index (Phi) is 8.33. The SMILES string of the molecule is CN(C)CCC(=O)N1CCc2c(sc3ncnc(NCCc4ccc(NC(=O)Nc5ccccc5)cc4)c23)C1. The predicted octanol–water partition coefficient (Wildman–Crippen LogP) is 4.83. The molecule has 5 rings (SSSR count). The first-order chi connectivity index (χ1) is 19.0. The summed E-state index contributed by atoms with van der Waals surface area (Å²) in [6.07, 6.45) is 3.77. The van der Waals surface area contributed by atoms with Gasteiger partial charge >= 0.3 is 6.03 Å². The molecule has 1 aliphatic rings. The molecule has 9 nitrogen and oxygen atoms in total. The second-order valence-electron chi connectivity index (χ2n) is 9.84. The molecule has 2 aromatic carbocycles. The Balaban J connectivity index is 1.16. The number of aromatic nitrogens is 2. The van der Waals surface area contributed by atoms with Crippen LogP contribution in [0.3, 0.4) is 0 Å². The van der Waals surface area contributed by atoms with Crippen LogP contribution in [-0.2, 0) is 24.2 Å². The van der Waals surface area contributed by atoms with Crippen molar-refractivity contribution in [2.75, 3.05) is 49.7 Å². The van der Waals surface area contributed by atoms with E-state index >= 15 is 0 Å². The minimum absolute atomic E-state index is 0.203. The summed E-state index contributed by atoms with van der Waals surface area (Å²) in [7, 11) is 3.97. The minimum Gasteiger partial charge on any atom is -0.369 e. The maximum atomic E-state index is 12.7. The molecule has 0 unspecified atom stereocenters. The summed E-state index contributed by atoms with van der Waals surface area (Å²) in [5, 5.41) is 10.3. The number of carbonyl (C=O) groups excluding carboxylic acids is 2. The first kappa shape index (κ1) is 26.6. The van der Waals surface area contributed by atoms with Crippen LogP contribution in [-0.4, -0.2) is 65.4 Å². The van der Waals surface area contributed by atoms with E-state index in [4.69, 9.17) is 0 Å². The van der Waals surface area contributed by atoms with Gasteiger partial charge in [0.2, 0.25) is 5.91 Å². The van der Waals surface area contributed by atoms with Crippen molar-refractivity contribution in [2.24, 2.45) is 0 Å². The molecule has 2 aromatic heterocycles. The largest absolute Gasteiger partial charge is 0.369 e. The number of para-hydroxylation sites is 1. The second kappa shape index (κ2) is 12.2. The van der Waals surface area contributed by atoms with Crippen LogP contribution < -0.4 is 16.0 Å². The lowest BCUT2D eigenvalue weighted by Gasteiger charge is -2.27. The van der Waals surface area contributed by atoms with Crippen molar-refractivity contribution in [3.05, 3.63) is 76.9 Å². The maximum Gasteiger partial charge on any atom is 0.323 e. The zero-order valence-corrected chi connectivity index (χ0v) is 23.1. The van der Waals surface area contributed by atoms with E-state index in [2.05, 4.69) is 25.9 Å². The highest BCUT2D eigenvalue weighted by Gasteiger charge is 2.26. The number of thiophene rings is 1. The van der Waals surface area contributed by atoms with Crippen molar-refractivity contribution >= 4 is 50.7 Å². The van der Waals surface area contributed by atoms with Crippen molar-refractivity contribution < 1.29 is 9.59 Å². The normalized spacial score (nSPS) is 12.8. The second-order valence-corrected chi connectivity index (χ2v) is 10.9. The third-order valence-electron chi connectivity index (χ3n) is 6.71. The number of anilines is 3. The summed E-state index contributed by atoms with van der Waals surface area (Å²) in [6.45, 7) is 2.85. The quantitative estimate of drug-likeness (QED) is 0.280. The van der Waals surface area contributed by atoms with Crippen LogP contribution in [0.25, 0.3) is 10.2 Å². The molecule has 39 heavy (non-hydrogen) atoms. The van der Waals surface area contributed by atoms with Crippen molar-refractivity contribution in [1.82, 2.24) is 19.8 Å². The van der Waals surface area contributed by atoms with Crippen LogP contribution in [0.15, 0.2) is 60.9 Å². The number of nitrogens with zero attached hydrogens (tertiary/aromatic N) is 4. The van der Waals surface area contributed by atoms with Crippen LogP contribution in [0.1, 0.15) is 22.4 Å². The molecule has 0 atom stereocenters. The zero-order valence-electron chi connectivity index (χ0n) is 22.2. The summed E-state index contributed by atoms with van der Waals surface area (Å²) in [5.74, 6) is 1.05. The highest BCUT2D eigenvalue weighted by atomic mass is 32.1. The van der Waals surface area contributed by atoms with Crippen molar-refractivity contribution in [3.63, 3.8) is 0 Å². The van der Waals surface area contributed by atoms with E-state index in [1.165, 1.54) is 10.4 Å². The Hall–Kier alpha value is -4.02. The molecule has 0 saturated heterocycles. The first-order valence-corrected chi connectivity index (χ1v) is 13.9. The third-order valence-corrected chi connectivity index (χ3v) is 7.84. The van der Waals surface area contributed by atoms with Gasteiger partial charge in [0.1, 0.15) is 17.0 Å². The first-order valence-electron chi connectivity index (χ1n) is 13.1. The van der Waals surface area contributed by atoms with Gasteiger partial charge in [0.15, 0.2) is 0 Å². The van der Waals surface area contributed by atoms with E-state index in [1.807, 2.05) is 78.5 Å². The van der Waals surface area contributed by atoms with Crippen LogP contribution in [0.2, 0.25) is 0 Å². The lowest BCUT2D eigenvalue weighted by atomic mass is 10.0. The third kappa shape index (κ3) is 6.71. The molecule has 0 saturated carbocycles.